The van der Waals surface area contributed by atoms with E-state index < -0.39 is 24.3 Å². The summed E-state index contributed by atoms with van der Waals surface area (Å²) in [6, 6.07) is 0. The van der Waals surface area contributed by atoms with Gasteiger partial charge in [0.05, 0.1) is 40.3 Å². The van der Waals surface area contributed by atoms with E-state index in [0.717, 1.165) is 167 Å². The van der Waals surface area contributed by atoms with Crippen LogP contribution in [0.5, 0.6) is 0 Å². The molecule has 0 aliphatic heterocycles. The predicted molar refractivity (Wildman–Crippen MR) is 351 cm³/mol. The van der Waals surface area contributed by atoms with Crippen LogP contribution in [0.2, 0.25) is 0 Å². The van der Waals surface area contributed by atoms with E-state index in [0.29, 0.717) is 23.9 Å². The predicted octanol–water partition coefficient (Wildman–Crippen LogP) is 18.3. The lowest BCUT2D eigenvalue weighted by Gasteiger charge is -2.26. The Kier molecular flexibility index (Phi) is 58.2. The Morgan fingerprint density at radius 3 is 0.964 bits per heavy atom. The lowest BCUT2D eigenvalue weighted by Crippen LogP contribution is -2.44. The number of rotatable bonds is 56. The van der Waals surface area contributed by atoms with Gasteiger partial charge in [-0.2, -0.15) is 0 Å². The van der Waals surface area contributed by atoms with Gasteiger partial charge >= 0.3 is 11.9 Å². The zero-order valence-corrected chi connectivity index (χ0v) is 52.7. The molecule has 0 aliphatic carbocycles. The Balaban J connectivity index is 4.35. The van der Waals surface area contributed by atoms with E-state index in [-0.39, 0.29) is 38.6 Å². The highest BCUT2D eigenvalue weighted by Gasteiger charge is 2.22. The van der Waals surface area contributed by atoms with Gasteiger partial charge in [0, 0.05) is 12.8 Å². The SMILES string of the molecule is CC/C=C\C/C=C\C/C=C\C/C=C\C/C=C\C/C=C\C/C=C\C/C=C\CCCCCCCCC(=O)OC(COC(=O)CCCCCCC/C=C\C/C=C\C/C=C\C/C=C\C/C=C\C/C=C\C/C=C\CC)COC(OCC[N+](C)(C)C)C(=O)[O-]. The molecule has 0 saturated heterocycles. The summed E-state index contributed by atoms with van der Waals surface area (Å²) in [6.07, 6.45) is 92.3. The van der Waals surface area contributed by atoms with Crippen LogP contribution in [0.3, 0.4) is 0 Å². The van der Waals surface area contributed by atoms with Crippen molar-refractivity contribution in [1.82, 2.24) is 0 Å². The van der Waals surface area contributed by atoms with Crippen molar-refractivity contribution in [3.05, 3.63) is 182 Å². The maximum absolute atomic E-state index is 12.9. The summed E-state index contributed by atoms with van der Waals surface area (Å²) in [5.41, 5.74) is 0. The van der Waals surface area contributed by atoms with Gasteiger partial charge in [0.2, 0.25) is 0 Å². The molecule has 0 rings (SSSR count). The average molecular weight is 1150 g/mol. The van der Waals surface area contributed by atoms with Gasteiger partial charge < -0.3 is 33.3 Å². The average Bonchev–Trinajstić information content (AvgIpc) is 3.46. The van der Waals surface area contributed by atoms with Crippen LogP contribution in [0.4, 0.5) is 0 Å². The van der Waals surface area contributed by atoms with E-state index in [2.05, 4.69) is 196 Å². The largest absolute Gasteiger partial charge is 0.545 e. The van der Waals surface area contributed by atoms with Crippen LogP contribution in [0.15, 0.2) is 182 Å². The number of esters is 2. The van der Waals surface area contributed by atoms with Crippen molar-refractivity contribution in [2.75, 3.05) is 47.5 Å². The Labute approximate surface area is 507 Å². The van der Waals surface area contributed by atoms with Gasteiger partial charge in [-0.15, -0.1) is 0 Å². The monoisotopic (exact) mass is 1150 g/mol. The highest BCUT2D eigenvalue weighted by atomic mass is 16.7. The minimum atomic E-state index is -1.64. The number of aliphatic carboxylic acids is 1. The number of hydrogen-bond donors (Lipinski definition) is 0. The Hall–Kier alpha value is -5.61. The second-order valence-electron chi connectivity index (χ2n) is 21.6. The molecule has 0 heterocycles. The van der Waals surface area contributed by atoms with Crippen LogP contribution >= 0.6 is 0 Å². The summed E-state index contributed by atoms with van der Waals surface area (Å²) in [4.78, 5) is 37.4. The third kappa shape index (κ3) is 63.8. The lowest BCUT2D eigenvalue weighted by molar-refractivity contribution is -0.870. The highest BCUT2D eigenvalue weighted by Crippen LogP contribution is 2.13. The summed E-state index contributed by atoms with van der Waals surface area (Å²) in [5, 5.41) is 11.8. The van der Waals surface area contributed by atoms with Gasteiger partial charge in [0.25, 0.3) is 0 Å². The van der Waals surface area contributed by atoms with E-state index >= 15 is 0 Å². The molecule has 0 saturated carbocycles. The number of carboxylic acids is 1. The smallest absolute Gasteiger partial charge is 0.306 e. The van der Waals surface area contributed by atoms with E-state index in [1.807, 2.05) is 21.1 Å². The first-order chi connectivity index (χ1) is 40.6. The summed E-state index contributed by atoms with van der Waals surface area (Å²) in [5.74, 6) is -2.35. The molecule has 0 aliphatic rings. The van der Waals surface area contributed by atoms with Gasteiger partial charge in [-0.1, -0.05) is 241 Å². The van der Waals surface area contributed by atoms with Gasteiger partial charge in [-0.25, -0.2) is 0 Å². The fourth-order valence-electron chi connectivity index (χ4n) is 7.82. The zero-order valence-electron chi connectivity index (χ0n) is 52.7. The van der Waals surface area contributed by atoms with E-state index in [1.165, 1.54) is 0 Å². The first-order valence-corrected chi connectivity index (χ1v) is 31.9. The van der Waals surface area contributed by atoms with Crippen LogP contribution in [-0.4, -0.2) is 82.3 Å². The summed E-state index contributed by atoms with van der Waals surface area (Å²) in [6.45, 7) is 4.45. The van der Waals surface area contributed by atoms with Crippen molar-refractivity contribution >= 4 is 17.9 Å². The fourth-order valence-corrected chi connectivity index (χ4v) is 7.82. The van der Waals surface area contributed by atoms with Crippen molar-refractivity contribution in [1.29, 1.82) is 0 Å². The molecular weight excluding hydrogens is 1030 g/mol. The standard InChI is InChI=1S/C74H115NO8/c1-6-8-10-12-14-16-18-20-22-24-26-28-30-32-34-35-36-37-39-41-43-45-47-49-51-53-55-57-59-61-63-65-72(77)83-70(69-82-74(73(78)79)80-67-66-75(3,4)5)68-81-71(76)64-62-60-58-56-54-52-50-48-46-44-42-40-38-33-31-29-27-25-23-21-19-17-15-13-11-9-7-2/h8-11,14-17,20-23,26-29,32-34,36-38,41-44,47-50,70,74H,6-7,12-13,18-19,24-25,30-31,35,39-40,45-46,51-69H2,1-5H3/b10-8-,11-9-,16-14-,17-15-,22-20-,23-21-,28-26-,29-27-,34-32-,37-36-,38-33-,43-41-,44-42-,49-47-,50-48-. The third-order valence-electron chi connectivity index (χ3n) is 12.6. The Bertz CT molecular complexity index is 2010. The molecule has 83 heavy (non-hydrogen) atoms. The van der Waals surface area contributed by atoms with E-state index in [1.54, 1.807) is 0 Å². The topological polar surface area (TPSA) is 111 Å². The molecule has 0 aromatic carbocycles. The first-order valence-electron chi connectivity index (χ1n) is 31.9. The number of nitrogens with zero attached hydrogens (tertiary/aromatic N) is 1. The number of likely N-dealkylation sites (N-methyl/N-ethyl adjacent to an activating group) is 1. The summed E-state index contributed by atoms with van der Waals surface area (Å²) >= 11 is 0. The van der Waals surface area contributed by atoms with Crippen molar-refractivity contribution in [2.45, 2.75) is 219 Å². The van der Waals surface area contributed by atoms with Gasteiger partial charge in [0.15, 0.2) is 12.4 Å². The molecule has 0 radical (unpaired) electrons. The van der Waals surface area contributed by atoms with Gasteiger partial charge in [-0.05, 0) is 135 Å². The second kappa shape index (κ2) is 62.4. The molecule has 9 heteroatoms. The van der Waals surface area contributed by atoms with Crippen LogP contribution in [-0.2, 0) is 33.3 Å². The number of unbranched alkanes of at least 4 members (excludes halogenated alkanes) is 11. The number of carboxylic acid groups (broad SMARTS) is 1. The molecule has 2 atom stereocenters. The second-order valence-corrected chi connectivity index (χ2v) is 21.6. The van der Waals surface area contributed by atoms with Crippen molar-refractivity contribution < 1.29 is 42.9 Å². The van der Waals surface area contributed by atoms with Crippen LogP contribution in [0.25, 0.3) is 0 Å². The number of carbonyl (C=O) groups excluding carboxylic acids is 3. The molecule has 0 spiro atoms. The number of quaternary nitrogens is 1. The van der Waals surface area contributed by atoms with Crippen molar-refractivity contribution in [3.8, 4) is 0 Å². The molecule has 0 bridgehead atoms. The molecular formula is C74H115NO8. The van der Waals surface area contributed by atoms with Gasteiger partial charge in [0.1, 0.15) is 13.2 Å². The lowest BCUT2D eigenvalue weighted by atomic mass is 10.1. The number of carbonyl (C=O) groups is 3. The molecule has 0 N–H and O–H groups in total. The number of allylic oxidation sites excluding steroid dienone is 30. The summed E-state index contributed by atoms with van der Waals surface area (Å²) in [7, 11) is 5.90. The van der Waals surface area contributed by atoms with Crippen LogP contribution < -0.4 is 5.11 Å². The maximum atomic E-state index is 12.9. The molecule has 464 valence electrons. The van der Waals surface area contributed by atoms with Gasteiger partial charge in [-0.3, -0.25) is 9.59 Å². The Morgan fingerprint density at radius 1 is 0.361 bits per heavy atom. The summed E-state index contributed by atoms with van der Waals surface area (Å²) < 4.78 is 22.7. The van der Waals surface area contributed by atoms with Crippen molar-refractivity contribution in [3.63, 3.8) is 0 Å². The van der Waals surface area contributed by atoms with E-state index in [9.17, 15) is 19.5 Å². The van der Waals surface area contributed by atoms with E-state index in [4.69, 9.17) is 18.9 Å². The minimum absolute atomic E-state index is 0.129. The van der Waals surface area contributed by atoms with Crippen LogP contribution in [0.1, 0.15) is 206 Å². The highest BCUT2D eigenvalue weighted by molar-refractivity contribution is 5.70. The third-order valence-corrected chi connectivity index (χ3v) is 12.6. The molecule has 0 aromatic rings. The molecule has 0 amide bonds. The fraction of sp³-hybridized carbons (Fsp3) is 0.554. The maximum Gasteiger partial charge on any atom is 0.306 e. The molecule has 9 nitrogen and oxygen atoms in total. The normalized spacial score (nSPS) is 14.0. The zero-order chi connectivity index (χ0) is 60.5. The minimum Gasteiger partial charge on any atom is -0.545 e. The first kappa shape index (κ1) is 77.4. The number of hydrogen-bond acceptors (Lipinski definition) is 8. The molecule has 0 fully saturated rings. The number of ether oxygens (including phenoxy) is 4. The molecule has 2 unspecified atom stereocenters. The van der Waals surface area contributed by atoms with Crippen molar-refractivity contribution in [2.24, 2.45) is 0 Å². The quantitative estimate of drug-likeness (QED) is 0.0195. The molecule has 0 aromatic heterocycles. The Morgan fingerprint density at radius 2 is 0.651 bits per heavy atom. The van der Waals surface area contributed by atoms with Crippen LogP contribution in [0, 0.1) is 0 Å².